The van der Waals surface area contributed by atoms with Crippen molar-refractivity contribution < 1.29 is 17.6 Å². The topological polar surface area (TPSA) is 93.4 Å². The van der Waals surface area contributed by atoms with Gasteiger partial charge in [-0.25, -0.2) is 8.42 Å². The van der Waals surface area contributed by atoms with E-state index >= 15 is 0 Å². The minimum atomic E-state index is -3.02. The van der Waals surface area contributed by atoms with E-state index in [0.29, 0.717) is 17.5 Å². The molecule has 0 bridgehead atoms. The molecule has 1 aliphatic heterocycles. The molecule has 10 heteroatoms. The Balaban J connectivity index is 1.59. The zero-order valence-electron chi connectivity index (χ0n) is 13.4. The summed E-state index contributed by atoms with van der Waals surface area (Å²) >= 11 is 4.57. The molecule has 134 valence electrons. The number of carbonyl (C=O) groups is 1. The van der Waals surface area contributed by atoms with Crippen molar-refractivity contribution in [3.8, 4) is 11.5 Å². The number of sulfone groups is 1. The first-order chi connectivity index (χ1) is 11.9. The highest BCUT2D eigenvalue weighted by atomic mass is 79.9. The molecular formula is C15H16BrN3O4S2. The van der Waals surface area contributed by atoms with Gasteiger partial charge in [0.15, 0.2) is 9.84 Å². The maximum atomic E-state index is 12.3. The van der Waals surface area contributed by atoms with E-state index in [1.165, 1.54) is 4.90 Å². The summed E-state index contributed by atoms with van der Waals surface area (Å²) in [6, 6.07) is 7.23. The fraction of sp³-hybridized carbons (Fsp3) is 0.400. The minimum Gasteiger partial charge on any atom is -0.411 e. The van der Waals surface area contributed by atoms with Gasteiger partial charge in [0, 0.05) is 17.6 Å². The average Bonchev–Trinajstić information content (AvgIpc) is 3.18. The first-order valence-corrected chi connectivity index (χ1v) is 11.1. The summed E-state index contributed by atoms with van der Waals surface area (Å²) in [5, 5.41) is 8.24. The molecule has 0 radical (unpaired) electrons. The predicted molar refractivity (Wildman–Crippen MR) is 98.0 cm³/mol. The van der Waals surface area contributed by atoms with E-state index in [1.54, 1.807) is 7.05 Å². The van der Waals surface area contributed by atoms with Gasteiger partial charge in [-0.3, -0.25) is 4.79 Å². The smallest absolute Gasteiger partial charge is 0.277 e. The normalized spacial score (nSPS) is 19.0. The monoisotopic (exact) mass is 445 g/mol. The molecule has 7 nitrogen and oxygen atoms in total. The van der Waals surface area contributed by atoms with Gasteiger partial charge >= 0.3 is 0 Å². The Labute approximate surface area is 158 Å². The Morgan fingerprint density at radius 2 is 2.16 bits per heavy atom. The van der Waals surface area contributed by atoms with Crippen LogP contribution in [-0.4, -0.2) is 59.8 Å². The third-order valence-corrected chi connectivity index (χ3v) is 7.22. The second-order valence-electron chi connectivity index (χ2n) is 5.70. The Kier molecular flexibility index (Phi) is 5.49. The van der Waals surface area contributed by atoms with Crippen LogP contribution in [-0.2, 0) is 14.6 Å². The standard InChI is InChI=1S/C15H16BrN3O4S2/c1-19(10-6-7-25(21,22)9-10)13(20)8-24-15-18-17-14(23-15)11-4-2-3-5-12(11)16/h2-5,10H,6-9H2,1H3. The summed E-state index contributed by atoms with van der Waals surface area (Å²) in [6.45, 7) is 0. The number of amides is 1. The number of hydrogen-bond acceptors (Lipinski definition) is 7. The highest BCUT2D eigenvalue weighted by Gasteiger charge is 2.32. The SMILES string of the molecule is CN(C(=O)CSc1nnc(-c2ccccc2Br)o1)C1CCS(=O)(=O)C1. The third kappa shape index (κ3) is 4.42. The number of benzene rings is 1. The molecule has 1 atom stereocenters. The van der Waals surface area contributed by atoms with Crippen molar-refractivity contribution >= 4 is 43.4 Å². The summed E-state index contributed by atoms with van der Waals surface area (Å²) in [7, 11) is -1.38. The molecule has 0 aliphatic carbocycles. The number of hydrogen-bond donors (Lipinski definition) is 0. The maximum absolute atomic E-state index is 12.3. The molecule has 1 aliphatic rings. The second kappa shape index (κ2) is 7.46. The lowest BCUT2D eigenvalue weighted by molar-refractivity contribution is -0.128. The van der Waals surface area contributed by atoms with Gasteiger partial charge < -0.3 is 9.32 Å². The van der Waals surface area contributed by atoms with Gasteiger partial charge in [-0.05, 0) is 34.5 Å². The van der Waals surface area contributed by atoms with E-state index < -0.39 is 9.84 Å². The molecule has 0 saturated carbocycles. The highest BCUT2D eigenvalue weighted by Crippen LogP contribution is 2.29. The van der Waals surface area contributed by atoms with Crippen molar-refractivity contribution in [2.24, 2.45) is 0 Å². The van der Waals surface area contributed by atoms with Crippen LogP contribution in [0.15, 0.2) is 38.4 Å². The van der Waals surface area contributed by atoms with Crippen LogP contribution in [0.2, 0.25) is 0 Å². The lowest BCUT2D eigenvalue weighted by Crippen LogP contribution is -2.38. The zero-order chi connectivity index (χ0) is 18.0. The molecular weight excluding hydrogens is 430 g/mol. The van der Waals surface area contributed by atoms with Crippen LogP contribution in [0.5, 0.6) is 0 Å². The fourth-order valence-electron chi connectivity index (χ4n) is 2.52. The molecule has 1 unspecified atom stereocenters. The van der Waals surface area contributed by atoms with Crippen LogP contribution < -0.4 is 0 Å². The predicted octanol–water partition coefficient (Wildman–Crippen LogP) is 2.24. The number of aromatic nitrogens is 2. The first-order valence-electron chi connectivity index (χ1n) is 7.53. The van der Waals surface area contributed by atoms with Gasteiger partial charge in [0.25, 0.3) is 5.22 Å². The summed E-state index contributed by atoms with van der Waals surface area (Å²) in [6.07, 6.45) is 0.488. The van der Waals surface area contributed by atoms with Crippen molar-refractivity contribution in [1.29, 1.82) is 0 Å². The van der Waals surface area contributed by atoms with Crippen LogP contribution in [0.3, 0.4) is 0 Å². The molecule has 1 amide bonds. The first kappa shape index (κ1) is 18.4. The lowest BCUT2D eigenvalue weighted by atomic mass is 10.2. The molecule has 2 aromatic rings. The van der Waals surface area contributed by atoms with E-state index in [9.17, 15) is 13.2 Å². The molecule has 0 N–H and O–H groups in total. The Morgan fingerprint density at radius 3 is 2.84 bits per heavy atom. The lowest BCUT2D eigenvalue weighted by Gasteiger charge is -2.22. The summed E-state index contributed by atoms with van der Waals surface area (Å²) in [4.78, 5) is 13.8. The Bertz CT molecular complexity index is 884. The third-order valence-electron chi connectivity index (χ3n) is 3.98. The average molecular weight is 446 g/mol. The zero-order valence-corrected chi connectivity index (χ0v) is 16.6. The van der Waals surface area contributed by atoms with E-state index in [0.717, 1.165) is 21.8 Å². The van der Waals surface area contributed by atoms with Gasteiger partial charge in [0.2, 0.25) is 11.8 Å². The summed E-state index contributed by atoms with van der Waals surface area (Å²) < 4.78 is 29.5. The Hall–Kier alpha value is -1.39. The van der Waals surface area contributed by atoms with Crippen LogP contribution in [0, 0.1) is 0 Å². The molecule has 2 heterocycles. The fourth-order valence-corrected chi connectivity index (χ4v) is 5.44. The van der Waals surface area contributed by atoms with Gasteiger partial charge in [-0.1, -0.05) is 23.9 Å². The van der Waals surface area contributed by atoms with Crippen LogP contribution in [0.4, 0.5) is 0 Å². The largest absolute Gasteiger partial charge is 0.411 e. The van der Waals surface area contributed by atoms with Gasteiger partial charge in [-0.15, -0.1) is 10.2 Å². The Morgan fingerprint density at radius 1 is 1.40 bits per heavy atom. The van der Waals surface area contributed by atoms with Crippen molar-refractivity contribution in [2.75, 3.05) is 24.3 Å². The quantitative estimate of drug-likeness (QED) is 0.651. The van der Waals surface area contributed by atoms with E-state index in [-0.39, 0.29) is 29.2 Å². The van der Waals surface area contributed by atoms with Crippen molar-refractivity contribution in [2.45, 2.75) is 17.7 Å². The molecule has 3 rings (SSSR count). The molecule has 1 fully saturated rings. The van der Waals surface area contributed by atoms with Gasteiger partial charge in [-0.2, -0.15) is 0 Å². The van der Waals surface area contributed by atoms with Gasteiger partial charge in [0.1, 0.15) is 0 Å². The molecule has 25 heavy (non-hydrogen) atoms. The molecule has 1 saturated heterocycles. The number of thioether (sulfide) groups is 1. The van der Waals surface area contributed by atoms with Crippen LogP contribution in [0.25, 0.3) is 11.5 Å². The van der Waals surface area contributed by atoms with Crippen molar-refractivity contribution in [3.63, 3.8) is 0 Å². The molecule has 1 aromatic heterocycles. The number of rotatable bonds is 5. The van der Waals surface area contributed by atoms with E-state index in [4.69, 9.17) is 4.42 Å². The van der Waals surface area contributed by atoms with E-state index in [1.807, 2.05) is 24.3 Å². The summed E-state index contributed by atoms with van der Waals surface area (Å²) in [5.74, 6) is 0.504. The number of halogens is 1. The van der Waals surface area contributed by atoms with Crippen molar-refractivity contribution in [1.82, 2.24) is 15.1 Å². The minimum absolute atomic E-state index is 0.0344. The molecule has 0 spiro atoms. The maximum Gasteiger partial charge on any atom is 0.277 e. The van der Waals surface area contributed by atoms with Gasteiger partial charge in [0.05, 0.1) is 22.8 Å². The number of nitrogens with zero attached hydrogens (tertiary/aromatic N) is 3. The number of carbonyl (C=O) groups excluding carboxylic acids is 1. The van der Waals surface area contributed by atoms with E-state index in [2.05, 4.69) is 26.1 Å². The second-order valence-corrected chi connectivity index (χ2v) is 9.71. The van der Waals surface area contributed by atoms with Crippen molar-refractivity contribution in [3.05, 3.63) is 28.7 Å². The highest BCUT2D eigenvalue weighted by molar-refractivity contribution is 9.10. The van der Waals surface area contributed by atoms with Crippen LogP contribution in [0.1, 0.15) is 6.42 Å². The summed E-state index contributed by atoms with van der Waals surface area (Å²) in [5.41, 5.74) is 0.779. The van der Waals surface area contributed by atoms with Crippen LogP contribution >= 0.6 is 27.7 Å². The molecule has 1 aromatic carbocycles.